The van der Waals surface area contributed by atoms with E-state index in [4.69, 9.17) is 4.52 Å². The van der Waals surface area contributed by atoms with Crippen LogP contribution in [0.2, 0.25) is 0 Å². The fourth-order valence-electron chi connectivity index (χ4n) is 3.60. The van der Waals surface area contributed by atoms with Gasteiger partial charge in [0.25, 0.3) is 0 Å². The van der Waals surface area contributed by atoms with E-state index in [1.807, 2.05) is 29.2 Å². The average Bonchev–Trinajstić information content (AvgIpc) is 3.10. The molecular formula is C21H24N4O2. The van der Waals surface area contributed by atoms with Gasteiger partial charge in [0.2, 0.25) is 0 Å². The number of urea groups is 1. The summed E-state index contributed by atoms with van der Waals surface area (Å²) >= 11 is 0. The molecule has 3 aromatic rings. The van der Waals surface area contributed by atoms with E-state index in [-0.39, 0.29) is 12.1 Å². The number of carbonyl (C=O) groups is 1. The zero-order chi connectivity index (χ0) is 18.8. The van der Waals surface area contributed by atoms with Crippen LogP contribution in [0.4, 0.5) is 10.5 Å². The predicted molar refractivity (Wildman–Crippen MR) is 106 cm³/mol. The Bertz CT molecular complexity index is 935. The van der Waals surface area contributed by atoms with Crippen molar-refractivity contribution >= 4 is 22.7 Å². The Morgan fingerprint density at radius 2 is 1.96 bits per heavy atom. The number of hydrogen-bond donors (Lipinski definition) is 1. The summed E-state index contributed by atoms with van der Waals surface area (Å²) in [7, 11) is 0. The van der Waals surface area contributed by atoms with Crippen LogP contribution in [-0.2, 0) is 6.54 Å². The number of para-hydroxylation sites is 1. The number of benzene rings is 2. The van der Waals surface area contributed by atoms with Gasteiger partial charge in [0.1, 0.15) is 5.69 Å². The van der Waals surface area contributed by atoms with Crippen molar-refractivity contribution in [3.63, 3.8) is 0 Å². The highest BCUT2D eigenvalue weighted by molar-refractivity contribution is 5.80. The maximum atomic E-state index is 12.6. The van der Waals surface area contributed by atoms with Gasteiger partial charge in [-0.25, -0.2) is 4.79 Å². The highest BCUT2D eigenvalue weighted by atomic mass is 16.5. The van der Waals surface area contributed by atoms with Gasteiger partial charge in [-0.15, -0.1) is 0 Å². The molecule has 1 atom stereocenters. The standard InChI is InChI=1S/C21H24N4O2/c1-15-7-9-17(10-8-15)25-12-11-24(14-16(25)2)21(26)22-13-19-18-5-3-4-6-20(18)27-23-19/h3-10,16H,11-14H2,1-2H3,(H,22,26)/t16-/m1/s1. The minimum atomic E-state index is -0.0579. The number of amides is 2. The third kappa shape index (κ3) is 3.60. The number of fused-ring (bicyclic) bond motifs is 1. The van der Waals surface area contributed by atoms with Crippen molar-refractivity contribution in [3.8, 4) is 0 Å². The summed E-state index contributed by atoms with van der Waals surface area (Å²) in [6.07, 6.45) is 0. The summed E-state index contributed by atoms with van der Waals surface area (Å²) in [5.74, 6) is 0. The third-order valence-electron chi connectivity index (χ3n) is 5.14. The molecule has 0 bridgehead atoms. The Morgan fingerprint density at radius 3 is 2.74 bits per heavy atom. The van der Waals surface area contributed by atoms with Gasteiger partial charge in [-0.2, -0.15) is 0 Å². The highest BCUT2D eigenvalue weighted by Gasteiger charge is 2.27. The molecule has 1 aromatic heterocycles. The first-order chi connectivity index (χ1) is 13.1. The minimum absolute atomic E-state index is 0.0579. The largest absolute Gasteiger partial charge is 0.365 e. The number of rotatable bonds is 3. The molecule has 4 rings (SSSR count). The van der Waals surface area contributed by atoms with Crippen LogP contribution in [0, 0.1) is 6.92 Å². The van der Waals surface area contributed by atoms with Gasteiger partial charge in [-0.3, -0.25) is 0 Å². The molecule has 27 heavy (non-hydrogen) atoms. The quantitative estimate of drug-likeness (QED) is 0.772. The van der Waals surface area contributed by atoms with Gasteiger partial charge in [0, 0.05) is 36.7 Å². The van der Waals surface area contributed by atoms with Gasteiger partial charge in [0.15, 0.2) is 5.58 Å². The molecule has 1 aliphatic rings. The molecule has 2 amide bonds. The summed E-state index contributed by atoms with van der Waals surface area (Å²) in [4.78, 5) is 16.8. The van der Waals surface area contributed by atoms with Gasteiger partial charge >= 0.3 is 6.03 Å². The van der Waals surface area contributed by atoms with Gasteiger partial charge in [-0.1, -0.05) is 35.0 Å². The Kier molecular flexibility index (Phi) is 4.71. The monoisotopic (exact) mass is 364 g/mol. The molecule has 0 unspecified atom stereocenters. The van der Waals surface area contributed by atoms with Crippen molar-refractivity contribution in [2.75, 3.05) is 24.5 Å². The molecule has 2 aromatic carbocycles. The van der Waals surface area contributed by atoms with Crippen LogP contribution < -0.4 is 10.2 Å². The molecule has 0 spiro atoms. The van der Waals surface area contributed by atoms with Gasteiger partial charge in [0.05, 0.1) is 6.54 Å². The number of anilines is 1. The van der Waals surface area contributed by atoms with E-state index in [2.05, 4.69) is 53.5 Å². The number of nitrogens with zero attached hydrogens (tertiary/aromatic N) is 3. The van der Waals surface area contributed by atoms with E-state index in [1.165, 1.54) is 11.3 Å². The Morgan fingerprint density at radius 1 is 1.19 bits per heavy atom. The Hall–Kier alpha value is -3.02. The van der Waals surface area contributed by atoms with E-state index < -0.39 is 0 Å². The summed E-state index contributed by atoms with van der Waals surface area (Å²) in [6.45, 7) is 6.83. The zero-order valence-electron chi connectivity index (χ0n) is 15.7. The van der Waals surface area contributed by atoms with Gasteiger partial charge in [-0.05, 0) is 38.1 Å². The fraction of sp³-hybridized carbons (Fsp3) is 0.333. The van der Waals surface area contributed by atoms with Crippen LogP contribution >= 0.6 is 0 Å². The average molecular weight is 364 g/mol. The molecule has 1 aliphatic heterocycles. The Labute approximate surface area is 158 Å². The van der Waals surface area contributed by atoms with E-state index in [0.717, 1.165) is 23.2 Å². The normalized spacial score (nSPS) is 17.3. The number of carbonyl (C=O) groups excluding carboxylic acids is 1. The Balaban J connectivity index is 1.36. The first-order valence-electron chi connectivity index (χ1n) is 9.31. The number of piperazine rings is 1. The van der Waals surface area contributed by atoms with Gasteiger partial charge < -0.3 is 19.6 Å². The molecule has 0 radical (unpaired) electrons. The zero-order valence-corrected chi connectivity index (χ0v) is 15.7. The number of aryl methyl sites for hydroxylation is 1. The first-order valence-corrected chi connectivity index (χ1v) is 9.31. The van der Waals surface area contributed by atoms with E-state index in [9.17, 15) is 4.79 Å². The second-order valence-corrected chi connectivity index (χ2v) is 7.11. The highest BCUT2D eigenvalue weighted by Crippen LogP contribution is 2.21. The molecule has 0 aliphatic carbocycles. The smallest absolute Gasteiger partial charge is 0.317 e. The lowest BCUT2D eigenvalue weighted by Crippen LogP contribution is -2.55. The van der Waals surface area contributed by atoms with Crippen molar-refractivity contribution in [2.45, 2.75) is 26.4 Å². The molecule has 1 saturated heterocycles. The molecule has 140 valence electrons. The second-order valence-electron chi connectivity index (χ2n) is 7.11. The minimum Gasteiger partial charge on any atom is -0.365 e. The van der Waals surface area contributed by atoms with Crippen molar-refractivity contribution in [2.24, 2.45) is 0 Å². The molecule has 6 nitrogen and oxygen atoms in total. The molecule has 0 saturated carbocycles. The summed E-state index contributed by atoms with van der Waals surface area (Å²) in [6, 6.07) is 16.4. The molecule has 6 heteroatoms. The van der Waals surface area contributed by atoms with Crippen LogP contribution in [0.15, 0.2) is 53.1 Å². The number of aromatic nitrogens is 1. The first kappa shape index (κ1) is 17.4. The molecule has 1 N–H and O–H groups in total. The van der Waals surface area contributed by atoms with Crippen molar-refractivity contribution in [3.05, 3.63) is 59.8 Å². The number of nitrogens with one attached hydrogen (secondary N) is 1. The summed E-state index contributed by atoms with van der Waals surface area (Å²) < 4.78 is 5.29. The second kappa shape index (κ2) is 7.31. The lowest BCUT2D eigenvalue weighted by Gasteiger charge is -2.41. The van der Waals surface area contributed by atoms with Crippen molar-refractivity contribution in [1.82, 2.24) is 15.4 Å². The van der Waals surface area contributed by atoms with E-state index in [1.54, 1.807) is 0 Å². The fourth-order valence-corrected chi connectivity index (χ4v) is 3.60. The molecule has 2 heterocycles. The van der Waals surface area contributed by atoms with Crippen LogP contribution in [0.25, 0.3) is 11.0 Å². The third-order valence-corrected chi connectivity index (χ3v) is 5.14. The van der Waals surface area contributed by atoms with Crippen LogP contribution in [0.1, 0.15) is 18.2 Å². The maximum Gasteiger partial charge on any atom is 0.317 e. The van der Waals surface area contributed by atoms with Crippen LogP contribution in [0.3, 0.4) is 0 Å². The predicted octanol–water partition coefficient (Wildman–Crippen LogP) is 3.56. The van der Waals surface area contributed by atoms with Crippen LogP contribution in [-0.4, -0.2) is 41.8 Å². The molecular weight excluding hydrogens is 340 g/mol. The van der Waals surface area contributed by atoms with Crippen LogP contribution in [0.5, 0.6) is 0 Å². The summed E-state index contributed by atoms with van der Waals surface area (Å²) in [5.41, 5.74) is 3.96. The number of hydrogen-bond acceptors (Lipinski definition) is 4. The maximum absolute atomic E-state index is 12.6. The topological polar surface area (TPSA) is 61.6 Å². The lowest BCUT2D eigenvalue weighted by atomic mass is 10.1. The summed E-state index contributed by atoms with van der Waals surface area (Å²) in [5, 5.41) is 7.99. The van der Waals surface area contributed by atoms with E-state index >= 15 is 0 Å². The van der Waals surface area contributed by atoms with Crippen molar-refractivity contribution < 1.29 is 9.32 Å². The molecule has 1 fully saturated rings. The SMILES string of the molecule is Cc1ccc(N2CCN(C(=O)NCc3noc4ccccc34)C[C@H]2C)cc1. The van der Waals surface area contributed by atoms with Crippen molar-refractivity contribution in [1.29, 1.82) is 0 Å². The van der Waals surface area contributed by atoms with E-state index in [0.29, 0.717) is 19.6 Å². The lowest BCUT2D eigenvalue weighted by molar-refractivity contribution is 0.186.